The van der Waals surface area contributed by atoms with Crippen LogP contribution in [0.15, 0.2) is 72.9 Å². The lowest BCUT2D eigenvalue weighted by Crippen LogP contribution is -2.26. The summed E-state index contributed by atoms with van der Waals surface area (Å²) in [5, 5.41) is 6.70. The van der Waals surface area contributed by atoms with E-state index in [1.807, 2.05) is 43.3 Å². The number of hydrogen-bond donors (Lipinski definition) is 3. The van der Waals surface area contributed by atoms with Crippen molar-refractivity contribution in [1.29, 1.82) is 0 Å². The van der Waals surface area contributed by atoms with Crippen molar-refractivity contribution in [2.24, 2.45) is 0 Å². The lowest BCUT2D eigenvalue weighted by atomic mass is 9.94. The topological polar surface area (TPSA) is 65.6 Å². The maximum atomic E-state index is 13.5. The van der Waals surface area contributed by atoms with Crippen molar-refractivity contribution in [3.8, 4) is 22.5 Å². The van der Waals surface area contributed by atoms with Gasteiger partial charge in [0, 0.05) is 23.4 Å². The number of anilines is 1. The third kappa shape index (κ3) is 5.28. The van der Waals surface area contributed by atoms with Crippen molar-refractivity contribution < 1.29 is 13.2 Å². The molecule has 0 amide bonds. The molecule has 1 atom stereocenters. The third-order valence-electron chi connectivity index (χ3n) is 6.67. The van der Waals surface area contributed by atoms with E-state index in [1.165, 1.54) is 12.1 Å². The van der Waals surface area contributed by atoms with Gasteiger partial charge in [0.15, 0.2) is 0 Å². The second kappa shape index (κ2) is 10.1. The Morgan fingerprint density at radius 3 is 2.50 bits per heavy atom. The van der Waals surface area contributed by atoms with Crippen LogP contribution in [-0.2, 0) is 6.18 Å². The summed E-state index contributed by atoms with van der Waals surface area (Å²) in [6.45, 7) is 3.86. The highest BCUT2D eigenvalue weighted by Gasteiger charge is 2.31. The summed E-state index contributed by atoms with van der Waals surface area (Å²) in [5.41, 5.74) is 3.97. The van der Waals surface area contributed by atoms with Crippen molar-refractivity contribution >= 4 is 5.95 Å². The molecule has 0 spiro atoms. The van der Waals surface area contributed by atoms with Gasteiger partial charge < -0.3 is 15.6 Å². The molecule has 1 aliphatic rings. The minimum Gasteiger partial charge on any atom is -0.358 e. The first-order chi connectivity index (χ1) is 17.4. The fourth-order valence-electron chi connectivity index (χ4n) is 4.71. The summed E-state index contributed by atoms with van der Waals surface area (Å²) in [6.07, 6.45) is -0.809. The number of piperidine rings is 1. The van der Waals surface area contributed by atoms with E-state index in [-0.39, 0.29) is 6.04 Å². The van der Waals surface area contributed by atoms with Crippen LogP contribution in [0.1, 0.15) is 48.5 Å². The lowest BCUT2D eigenvalue weighted by molar-refractivity contribution is -0.137. The van der Waals surface area contributed by atoms with Gasteiger partial charge in [-0.3, -0.25) is 0 Å². The van der Waals surface area contributed by atoms with E-state index in [0.717, 1.165) is 48.8 Å². The molecule has 3 heterocycles. The maximum Gasteiger partial charge on any atom is 0.416 e. The van der Waals surface area contributed by atoms with Gasteiger partial charge in [-0.2, -0.15) is 13.2 Å². The summed E-state index contributed by atoms with van der Waals surface area (Å²) in [6, 6.07) is 19.3. The number of halogens is 3. The molecule has 0 unspecified atom stereocenters. The number of benzene rings is 2. The molecule has 36 heavy (non-hydrogen) atoms. The minimum absolute atomic E-state index is 0.0130. The number of aromatic nitrogens is 3. The van der Waals surface area contributed by atoms with Crippen LogP contribution in [0.5, 0.6) is 0 Å². The molecule has 1 saturated heterocycles. The lowest BCUT2D eigenvalue weighted by Gasteiger charge is -2.21. The number of hydrogen-bond acceptors (Lipinski definition) is 4. The molecule has 2 aromatic heterocycles. The van der Waals surface area contributed by atoms with Gasteiger partial charge in [0.25, 0.3) is 0 Å². The highest BCUT2D eigenvalue weighted by Crippen LogP contribution is 2.38. The highest BCUT2D eigenvalue weighted by molar-refractivity contribution is 5.81. The zero-order chi connectivity index (χ0) is 25.1. The molecule has 0 bridgehead atoms. The molecule has 0 aliphatic carbocycles. The van der Waals surface area contributed by atoms with Crippen molar-refractivity contribution in [1.82, 2.24) is 20.3 Å². The summed E-state index contributed by atoms with van der Waals surface area (Å²) >= 11 is 0. The number of H-pyrrole nitrogens is 1. The number of rotatable bonds is 6. The van der Waals surface area contributed by atoms with E-state index in [1.54, 1.807) is 18.3 Å². The van der Waals surface area contributed by atoms with Gasteiger partial charge in [0.1, 0.15) is 0 Å². The van der Waals surface area contributed by atoms with Crippen molar-refractivity contribution in [2.45, 2.75) is 37.9 Å². The summed E-state index contributed by atoms with van der Waals surface area (Å²) in [7, 11) is 0. The van der Waals surface area contributed by atoms with E-state index in [4.69, 9.17) is 4.98 Å². The first-order valence-electron chi connectivity index (χ1n) is 12.1. The van der Waals surface area contributed by atoms with E-state index in [2.05, 4.69) is 20.6 Å². The van der Waals surface area contributed by atoms with Gasteiger partial charge in [-0.25, -0.2) is 9.97 Å². The monoisotopic (exact) mass is 491 g/mol. The Balaban J connectivity index is 1.53. The maximum absolute atomic E-state index is 13.5. The summed E-state index contributed by atoms with van der Waals surface area (Å²) < 4.78 is 40.4. The van der Waals surface area contributed by atoms with Gasteiger partial charge in [-0.05, 0) is 68.2 Å². The average Bonchev–Trinajstić information content (AvgIpc) is 3.35. The molecule has 8 heteroatoms. The van der Waals surface area contributed by atoms with E-state index >= 15 is 0 Å². The predicted octanol–water partition coefficient (Wildman–Crippen LogP) is 6.80. The highest BCUT2D eigenvalue weighted by atomic mass is 19.4. The summed E-state index contributed by atoms with van der Waals surface area (Å²) in [4.78, 5) is 12.6. The Labute approximate surface area is 208 Å². The van der Waals surface area contributed by atoms with Gasteiger partial charge in [-0.1, -0.05) is 42.5 Å². The standard InChI is InChI=1S/C28H28F3N5/c1-18(19-6-3-2-4-7-19)34-27-33-15-12-24(36-27)23-17-25(20-10-13-32-14-11-20)35-26(23)21-8-5-9-22(16-21)28(29,30)31/h2-9,12,15-18,20,32,35H,10-11,13-14H2,1H3,(H,33,34,36)/t18-/m0/s1. The van der Waals surface area contributed by atoms with Crippen LogP contribution < -0.4 is 10.6 Å². The Morgan fingerprint density at radius 2 is 1.75 bits per heavy atom. The van der Waals surface area contributed by atoms with Crippen molar-refractivity contribution in [2.75, 3.05) is 18.4 Å². The fourth-order valence-corrected chi connectivity index (χ4v) is 4.71. The third-order valence-corrected chi connectivity index (χ3v) is 6.67. The van der Waals surface area contributed by atoms with E-state index < -0.39 is 11.7 Å². The van der Waals surface area contributed by atoms with Crippen LogP contribution in [-0.4, -0.2) is 28.0 Å². The van der Waals surface area contributed by atoms with Gasteiger partial charge in [0.05, 0.1) is 23.0 Å². The molecule has 4 aromatic rings. The van der Waals surface area contributed by atoms with Crippen LogP contribution >= 0.6 is 0 Å². The molecular weight excluding hydrogens is 463 g/mol. The van der Waals surface area contributed by atoms with Crippen LogP contribution in [0.4, 0.5) is 19.1 Å². The second-order valence-corrected chi connectivity index (χ2v) is 9.16. The molecule has 0 radical (unpaired) electrons. The predicted molar refractivity (Wildman–Crippen MR) is 136 cm³/mol. The number of nitrogens with zero attached hydrogens (tertiary/aromatic N) is 2. The minimum atomic E-state index is -4.42. The normalized spacial score (nSPS) is 15.6. The smallest absolute Gasteiger partial charge is 0.358 e. The van der Waals surface area contributed by atoms with Gasteiger partial charge in [0.2, 0.25) is 5.95 Å². The van der Waals surface area contributed by atoms with E-state index in [9.17, 15) is 13.2 Å². The molecule has 1 fully saturated rings. The SMILES string of the molecule is C[C@H](Nc1nccc(-c2cc(C3CCNCC3)[nH]c2-c2cccc(C(F)(F)F)c2)n1)c1ccccc1. The number of nitrogens with one attached hydrogen (secondary N) is 3. The molecule has 2 aromatic carbocycles. The first-order valence-corrected chi connectivity index (χ1v) is 12.1. The molecule has 186 valence electrons. The Morgan fingerprint density at radius 1 is 0.972 bits per heavy atom. The van der Waals surface area contributed by atoms with Crippen LogP contribution in [0.2, 0.25) is 0 Å². The van der Waals surface area contributed by atoms with Gasteiger partial charge in [-0.15, -0.1) is 0 Å². The van der Waals surface area contributed by atoms with E-state index in [0.29, 0.717) is 28.8 Å². The molecule has 5 rings (SSSR count). The first kappa shape index (κ1) is 24.1. The summed E-state index contributed by atoms with van der Waals surface area (Å²) in [5.74, 6) is 0.769. The quantitative estimate of drug-likeness (QED) is 0.278. The number of alkyl halides is 3. The zero-order valence-corrected chi connectivity index (χ0v) is 19.9. The van der Waals surface area contributed by atoms with Crippen molar-refractivity contribution in [3.63, 3.8) is 0 Å². The average molecular weight is 492 g/mol. The zero-order valence-electron chi connectivity index (χ0n) is 19.9. The van der Waals surface area contributed by atoms with Crippen LogP contribution in [0, 0.1) is 0 Å². The van der Waals surface area contributed by atoms with Crippen LogP contribution in [0.3, 0.4) is 0 Å². The molecule has 1 aliphatic heterocycles. The Bertz CT molecular complexity index is 1310. The number of aromatic amines is 1. The molecular formula is C28H28F3N5. The molecule has 5 nitrogen and oxygen atoms in total. The largest absolute Gasteiger partial charge is 0.416 e. The Hall–Kier alpha value is -3.65. The second-order valence-electron chi connectivity index (χ2n) is 9.16. The van der Waals surface area contributed by atoms with Crippen LogP contribution in [0.25, 0.3) is 22.5 Å². The molecule has 3 N–H and O–H groups in total. The Kier molecular flexibility index (Phi) is 6.78. The van der Waals surface area contributed by atoms with Gasteiger partial charge >= 0.3 is 6.18 Å². The fraction of sp³-hybridized carbons (Fsp3) is 0.286. The van der Waals surface area contributed by atoms with Crippen molar-refractivity contribution in [3.05, 3.63) is 89.7 Å². The molecule has 0 saturated carbocycles.